The minimum atomic E-state index is 0. The maximum Gasteiger partial charge on any atom is 2.00 e. The van der Waals surface area contributed by atoms with Crippen LogP contribution in [-0.4, -0.2) is 8.64 Å². The first kappa shape index (κ1) is 12.4. The van der Waals surface area contributed by atoms with E-state index in [4.69, 9.17) is 0 Å². The van der Waals surface area contributed by atoms with Crippen molar-refractivity contribution in [3.8, 4) is 0 Å². The molecule has 0 spiro atoms. The van der Waals surface area contributed by atoms with E-state index in [2.05, 4.69) is 60.5 Å². The third-order valence-electron chi connectivity index (χ3n) is 0.267. The molecule has 7 heteroatoms. The molecule has 0 amide bonds. The summed E-state index contributed by atoms with van der Waals surface area (Å²) in [5.41, 5.74) is 4.79. The van der Waals surface area contributed by atoms with Gasteiger partial charge in [-0.05, 0) is 8.64 Å². The SMILES string of the molecule is S=C([S-])NNC(=S)[S-].[Ni+2]. The minimum absolute atomic E-state index is 0. The summed E-state index contributed by atoms with van der Waals surface area (Å²) in [6.45, 7) is 0. The Kier molecular flexibility index (Phi) is 9.40. The normalized spacial score (nSPS) is 6.67. The third kappa shape index (κ3) is 12.0. The zero-order valence-electron chi connectivity index (χ0n) is 3.95. The van der Waals surface area contributed by atoms with Gasteiger partial charge in [-0.2, -0.15) is 0 Å². The fourth-order valence-corrected chi connectivity index (χ4v) is 0.306. The van der Waals surface area contributed by atoms with Crippen LogP contribution in [0.15, 0.2) is 0 Å². The molecule has 9 heavy (non-hydrogen) atoms. The van der Waals surface area contributed by atoms with Gasteiger partial charge in [-0.1, -0.05) is 0 Å². The van der Waals surface area contributed by atoms with Crippen molar-refractivity contribution >= 4 is 58.3 Å². The molecule has 0 aromatic carbocycles. The molecule has 0 saturated carbocycles. The number of hydrazine groups is 1. The Hall–Kier alpha value is 0.714. The van der Waals surface area contributed by atoms with Gasteiger partial charge < -0.3 is 60.5 Å². The Morgan fingerprint density at radius 1 is 1.00 bits per heavy atom. The molecular formula is C2H2N2NiS4. The van der Waals surface area contributed by atoms with E-state index in [1.165, 1.54) is 0 Å². The summed E-state index contributed by atoms with van der Waals surface area (Å²) in [7, 11) is 0. The molecule has 0 aliphatic rings. The van der Waals surface area contributed by atoms with Gasteiger partial charge in [0.2, 0.25) is 0 Å². The molecule has 2 N–H and O–H groups in total. The molecule has 0 rings (SSSR count). The molecule has 0 aliphatic carbocycles. The second-order valence-corrected chi connectivity index (χ2v) is 2.97. The van der Waals surface area contributed by atoms with E-state index in [0.717, 1.165) is 0 Å². The number of thiocarbonyl (C=S) groups is 2. The van der Waals surface area contributed by atoms with E-state index in [1.807, 2.05) is 0 Å². The van der Waals surface area contributed by atoms with E-state index >= 15 is 0 Å². The zero-order valence-corrected chi connectivity index (χ0v) is 8.20. The average Bonchev–Trinajstić information content (AvgIpc) is 1.61. The molecule has 0 radical (unpaired) electrons. The molecule has 0 aromatic rings. The fourth-order valence-electron chi connectivity index (χ4n) is 0.102. The Morgan fingerprint density at radius 2 is 1.22 bits per heavy atom. The standard InChI is InChI=1S/C2H4N2S4.Ni/c5-1(6)3-4-2(7)8;/h(H2,3,5,6)(H2,4,7,8);/q;+2/p-2. The molecule has 54 valence electrons. The fraction of sp³-hybridized carbons (Fsp3) is 0. The Bertz CT molecular complexity index is 101. The second-order valence-electron chi connectivity index (χ2n) is 0.825. The Morgan fingerprint density at radius 3 is 1.33 bits per heavy atom. The molecule has 0 aliphatic heterocycles. The summed E-state index contributed by atoms with van der Waals surface area (Å²) < 4.78 is 0.411. The molecule has 0 aromatic heterocycles. The van der Waals surface area contributed by atoms with E-state index in [-0.39, 0.29) is 25.1 Å². The third-order valence-corrected chi connectivity index (χ3v) is 0.675. The largest absolute Gasteiger partial charge is 2.00 e. The van der Waals surface area contributed by atoms with Gasteiger partial charge in [0.25, 0.3) is 0 Å². The van der Waals surface area contributed by atoms with Crippen LogP contribution in [0.25, 0.3) is 0 Å². The van der Waals surface area contributed by atoms with Crippen LogP contribution in [0, 0.1) is 0 Å². The molecule has 0 bridgehead atoms. The van der Waals surface area contributed by atoms with E-state index in [1.54, 1.807) is 0 Å². The molecular weight excluding hydrogens is 239 g/mol. The summed E-state index contributed by atoms with van der Waals surface area (Å²) in [4.78, 5) is 0. The van der Waals surface area contributed by atoms with Crippen molar-refractivity contribution in [1.29, 1.82) is 0 Å². The summed E-state index contributed by atoms with van der Waals surface area (Å²) in [5, 5.41) is 0. The van der Waals surface area contributed by atoms with Crippen molar-refractivity contribution in [3.63, 3.8) is 0 Å². The maximum absolute atomic E-state index is 4.45. The first-order chi connectivity index (χ1) is 3.63. The van der Waals surface area contributed by atoms with Gasteiger partial charge in [-0.3, -0.25) is 0 Å². The minimum Gasteiger partial charge on any atom is -0.410 e. The van der Waals surface area contributed by atoms with Crippen molar-refractivity contribution < 1.29 is 16.5 Å². The zero-order chi connectivity index (χ0) is 6.57. The van der Waals surface area contributed by atoms with Gasteiger partial charge in [0, 0.05) is 0 Å². The first-order valence-corrected chi connectivity index (χ1v) is 3.20. The number of hydrogen-bond donors (Lipinski definition) is 2. The Balaban J connectivity index is 0. The molecule has 0 atom stereocenters. The van der Waals surface area contributed by atoms with Gasteiger partial charge in [0.1, 0.15) is 0 Å². The molecule has 0 heterocycles. The summed E-state index contributed by atoms with van der Waals surface area (Å²) in [6.07, 6.45) is 0. The predicted molar refractivity (Wildman–Crippen MR) is 46.2 cm³/mol. The predicted octanol–water partition coefficient (Wildman–Crippen LogP) is -0.258. The summed E-state index contributed by atoms with van der Waals surface area (Å²) in [5.74, 6) is 0. The summed E-state index contributed by atoms with van der Waals surface area (Å²) in [6, 6.07) is 0. The molecule has 0 fully saturated rings. The second kappa shape index (κ2) is 6.83. The van der Waals surface area contributed by atoms with Crippen LogP contribution in [0.5, 0.6) is 0 Å². The van der Waals surface area contributed by atoms with E-state index < -0.39 is 0 Å². The number of rotatable bonds is 0. The average molecular weight is 241 g/mol. The topological polar surface area (TPSA) is 24.1 Å². The van der Waals surface area contributed by atoms with Crippen LogP contribution >= 0.6 is 24.4 Å². The molecule has 2 nitrogen and oxygen atoms in total. The van der Waals surface area contributed by atoms with E-state index in [9.17, 15) is 0 Å². The molecule has 0 saturated heterocycles. The molecule has 0 unspecified atom stereocenters. The quantitative estimate of drug-likeness (QED) is 0.262. The van der Waals surface area contributed by atoms with Crippen LogP contribution in [0.2, 0.25) is 0 Å². The van der Waals surface area contributed by atoms with Crippen molar-refractivity contribution in [1.82, 2.24) is 10.9 Å². The van der Waals surface area contributed by atoms with Crippen LogP contribution in [-0.2, 0) is 41.7 Å². The van der Waals surface area contributed by atoms with Gasteiger partial charge in [-0.15, -0.1) is 0 Å². The van der Waals surface area contributed by atoms with Crippen molar-refractivity contribution in [2.24, 2.45) is 0 Å². The van der Waals surface area contributed by atoms with Crippen LogP contribution in [0.4, 0.5) is 0 Å². The van der Waals surface area contributed by atoms with E-state index in [0.29, 0.717) is 0 Å². The van der Waals surface area contributed by atoms with Gasteiger partial charge >= 0.3 is 16.5 Å². The van der Waals surface area contributed by atoms with Crippen molar-refractivity contribution in [3.05, 3.63) is 0 Å². The van der Waals surface area contributed by atoms with Gasteiger partial charge in [-0.25, -0.2) is 0 Å². The van der Waals surface area contributed by atoms with Crippen LogP contribution in [0.3, 0.4) is 0 Å². The smallest absolute Gasteiger partial charge is 0.410 e. The summed E-state index contributed by atoms with van der Waals surface area (Å²) >= 11 is 17.8. The number of hydrogen-bond acceptors (Lipinski definition) is 4. The maximum atomic E-state index is 4.45. The van der Waals surface area contributed by atoms with Gasteiger partial charge in [0.15, 0.2) is 0 Å². The van der Waals surface area contributed by atoms with Crippen LogP contribution < -0.4 is 10.9 Å². The first-order valence-electron chi connectivity index (χ1n) is 1.57. The monoisotopic (exact) mass is 240 g/mol. The Labute approximate surface area is 85.2 Å². The number of nitrogens with one attached hydrogen (secondary N) is 2. The van der Waals surface area contributed by atoms with Crippen molar-refractivity contribution in [2.45, 2.75) is 0 Å². The van der Waals surface area contributed by atoms with Crippen molar-refractivity contribution in [2.75, 3.05) is 0 Å². The van der Waals surface area contributed by atoms with Gasteiger partial charge in [0.05, 0.1) is 0 Å². The van der Waals surface area contributed by atoms with Crippen LogP contribution in [0.1, 0.15) is 0 Å².